The monoisotopic (exact) mass is 513 g/mol. The topological polar surface area (TPSA) is 104 Å². The van der Waals surface area contributed by atoms with Crippen LogP contribution in [0, 0.1) is 23.0 Å². The van der Waals surface area contributed by atoms with Crippen molar-refractivity contribution in [2.45, 2.75) is 18.9 Å². The van der Waals surface area contributed by atoms with Gasteiger partial charge in [0, 0.05) is 47.9 Å². The molecule has 1 amide bonds. The third kappa shape index (κ3) is 4.99. The van der Waals surface area contributed by atoms with Gasteiger partial charge in [0.15, 0.2) is 0 Å². The van der Waals surface area contributed by atoms with Crippen molar-refractivity contribution < 1.29 is 18.3 Å². The van der Waals surface area contributed by atoms with Crippen LogP contribution < -0.4 is 16.0 Å². The van der Waals surface area contributed by atoms with Crippen LogP contribution in [0.4, 0.5) is 25.0 Å². The molecule has 1 aliphatic rings. The highest BCUT2D eigenvalue weighted by Crippen LogP contribution is 2.40. The minimum Gasteiger partial charge on any atom is -0.453 e. The van der Waals surface area contributed by atoms with Gasteiger partial charge in [-0.1, -0.05) is 6.07 Å². The summed E-state index contributed by atoms with van der Waals surface area (Å²) in [7, 11) is 1.27. The van der Waals surface area contributed by atoms with Gasteiger partial charge >= 0.3 is 6.09 Å². The molecule has 0 spiro atoms. The maximum atomic E-state index is 14.2. The Morgan fingerprint density at radius 2 is 1.79 bits per heavy atom. The number of anilines is 2. The van der Waals surface area contributed by atoms with Crippen molar-refractivity contribution in [2.75, 3.05) is 30.4 Å². The minimum atomic E-state index is -0.674. The number of aromatic nitrogens is 1. The molecule has 0 unspecified atom stereocenters. The van der Waals surface area contributed by atoms with Gasteiger partial charge in [-0.2, -0.15) is 5.26 Å². The molecule has 2 heterocycles. The quantitative estimate of drug-likeness (QED) is 0.356. The Morgan fingerprint density at radius 1 is 1.05 bits per heavy atom. The Bertz CT molecular complexity index is 1560. The van der Waals surface area contributed by atoms with Gasteiger partial charge < -0.3 is 15.4 Å². The van der Waals surface area contributed by atoms with Crippen LogP contribution in [-0.4, -0.2) is 37.3 Å². The fourth-order valence-corrected chi connectivity index (χ4v) is 4.85. The standard InChI is InChI=1S/C29H25F2N5O2/c1-38-29(37)35-27-4-2-17(15-32)10-23(27)18-3-5-26-24(13-18)28(36-8-6-22(33)7-9-36)25(16-34-26)19-11-20(30)14-21(31)12-19/h2-5,10-14,16,22H,6-9,33H2,1H3,(H,35,37). The Morgan fingerprint density at radius 3 is 2.47 bits per heavy atom. The number of nitrogens with one attached hydrogen (secondary N) is 1. The fourth-order valence-electron chi connectivity index (χ4n) is 4.85. The van der Waals surface area contributed by atoms with Gasteiger partial charge in [0.2, 0.25) is 0 Å². The van der Waals surface area contributed by atoms with Gasteiger partial charge in [-0.05, 0) is 66.4 Å². The number of amides is 1. The average molecular weight is 514 g/mol. The highest BCUT2D eigenvalue weighted by molar-refractivity contribution is 6.03. The summed E-state index contributed by atoms with van der Waals surface area (Å²) in [6.45, 7) is 1.35. The Kier molecular flexibility index (Phi) is 6.90. The summed E-state index contributed by atoms with van der Waals surface area (Å²) in [5, 5.41) is 13.0. The maximum Gasteiger partial charge on any atom is 0.411 e. The second-order valence-electron chi connectivity index (χ2n) is 9.22. The van der Waals surface area contributed by atoms with Crippen LogP contribution in [0.3, 0.4) is 0 Å². The third-order valence-corrected chi connectivity index (χ3v) is 6.75. The van der Waals surface area contributed by atoms with E-state index < -0.39 is 17.7 Å². The molecule has 0 atom stereocenters. The van der Waals surface area contributed by atoms with Crippen LogP contribution in [0.15, 0.2) is 60.8 Å². The number of nitrogens with two attached hydrogens (primary N) is 1. The molecule has 3 aromatic carbocycles. The lowest BCUT2D eigenvalue weighted by atomic mass is 9.95. The Labute approximate surface area is 218 Å². The molecule has 192 valence electrons. The summed E-state index contributed by atoms with van der Waals surface area (Å²) >= 11 is 0. The van der Waals surface area contributed by atoms with Gasteiger partial charge in [-0.15, -0.1) is 0 Å². The van der Waals surface area contributed by atoms with Crippen molar-refractivity contribution in [2.24, 2.45) is 5.73 Å². The number of rotatable bonds is 4. The second kappa shape index (κ2) is 10.4. The van der Waals surface area contributed by atoms with E-state index in [-0.39, 0.29) is 6.04 Å². The zero-order valence-electron chi connectivity index (χ0n) is 20.7. The molecule has 1 aliphatic heterocycles. The highest BCUT2D eigenvalue weighted by Gasteiger charge is 2.23. The van der Waals surface area contributed by atoms with Gasteiger partial charge in [0.25, 0.3) is 0 Å². The van der Waals surface area contributed by atoms with E-state index >= 15 is 0 Å². The molecule has 1 saturated heterocycles. The minimum absolute atomic E-state index is 0.0886. The molecule has 1 fully saturated rings. The van der Waals surface area contributed by atoms with E-state index in [0.29, 0.717) is 46.5 Å². The summed E-state index contributed by atoms with van der Waals surface area (Å²) in [5.74, 6) is -1.35. The second-order valence-corrected chi connectivity index (χ2v) is 9.22. The highest BCUT2D eigenvalue weighted by atomic mass is 19.1. The number of hydrogen-bond donors (Lipinski definition) is 2. The summed E-state index contributed by atoms with van der Waals surface area (Å²) in [6.07, 6.45) is 2.55. The molecular formula is C29H25F2N5O2. The number of carbonyl (C=O) groups is 1. The van der Waals surface area contributed by atoms with E-state index in [4.69, 9.17) is 10.5 Å². The first kappa shape index (κ1) is 25.1. The van der Waals surface area contributed by atoms with Crippen molar-refractivity contribution in [3.63, 3.8) is 0 Å². The molecule has 5 rings (SSSR count). The fraction of sp³-hybridized carbons (Fsp3) is 0.207. The number of carbonyl (C=O) groups excluding carboxylic acids is 1. The van der Waals surface area contributed by atoms with Crippen molar-refractivity contribution in [3.05, 3.63) is 78.0 Å². The van der Waals surface area contributed by atoms with Crippen molar-refractivity contribution >= 4 is 28.4 Å². The number of hydrogen-bond acceptors (Lipinski definition) is 6. The molecule has 9 heteroatoms. The number of ether oxygens (including phenoxy) is 1. The summed E-state index contributed by atoms with van der Waals surface area (Å²) in [5.41, 5.74) is 10.9. The number of pyridine rings is 1. The normalized spacial score (nSPS) is 13.8. The first-order valence-electron chi connectivity index (χ1n) is 12.2. The lowest BCUT2D eigenvalue weighted by Crippen LogP contribution is -2.40. The number of nitriles is 1. The number of piperidine rings is 1. The van der Waals surface area contributed by atoms with Crippen LogP contribution in [0.1, 0.15) is 18.4 Å². The number of methoxy groups -OCH3 is 1. The summed E-state index contributed by atoms with van der Waals surface area (Å²) in [4.78, 5) is 18.8. The van der Waals surface area contributed by atoms with Gasteiger partial charge in [0.05, 0.1) is 35.6 Å². The molecule has 3 N–H and O–H groups in total. The predicted octanol–water partition coefficient (Wildman–Crippen LogP) is 5.82. The van der Waals surface area contributed by atoms with Crippen molar-refractivity contribution in [3.8, 4) is 28.3 Å². The van der Waals surface area contributed by atoms with Gasteiger partial charge in [-0.3, -0.25) is 10.3 Å². The molecule has 38 heavy (non-hydrogen) atoms. The van der Waals surface area contributed by atoms with Crippen LogP contribution in [0.2, 0.25) is 0 Å². The molecular weight excluding hydrogens is 488 g/mol. The predicted molar refractivity (Wildman–Crippen MR) is 143 cm³/mol. The zero-order chi connectivity index (χ0) is 26.8. The van der Waals surface area contributed by atoms with Crippen LogP contribution >= 0.6 is 0 Å². The largest absolute Gasteiger partial charge is 0.453 e. The SMILES string of the molecule is COC(=O)Nc1ccc(C#N)cc1-c1ccc2ncc(-c3cc(F)cc(F)c3)c(N3CCC(N)CC3)c2c1. The van der Waals surface area contributed by atoms with E-state index in [1.807, 2.05) is 18.2 Å². The Balaban J connectivity index is 1.74. The lowest BCUT2D eigenvalue weighted by Gasteiger charge is -2.34. The van der Waals surface area contributed by atoms with E-state index in [0.717, 1.165) is 35.5 Å². The molecule has 7 nitrogen and oxygen atoms in total. The van der Waals surface area contributed by atoms with Gasteiger partial charge in [0.1, 0.15) is 11.6 Å². The van der Waals surface area contributed by atoms with E-state index in [9.17, 15) is 18.8 Å². The molecule has 0 bridgehead atoms. The summed E-state index contributed by atoms with van der Waals surface area (Å²) < 4.78 is 33.2. The van der Waals surface area contributed by atoms with Crippen molar-refractivity contribution in [1.29, 1.82) is 5.26 Å². The first-order valence-corrected chi connectivity index (χ1v) is 12.2. The lowest BCUT2D eigenvalue weighted by molar-refractivity contribution is 0.187. The van der Waals surface area contributed by atoms with Gasteiger partial charge in [-0.25, -0.2) is 13.6 Å². The smallest absolute Gasteiger partial charge is 0.411 e. The number of nitrogens with zero attached hydrogens (tertiary/aromatic N) is 3. The number of benzene rings is 3. The molecule has 0 radical (unpaired) electrons. The number of halogens is 2. The van der Waals surface area contributed by atoms with Crippen LogP contribution in [-0.2, 0) is 4.74 Å². The van der Waals surface area contributed by atoms with E-state index in [1.54, 1.807) is 24.4 Å². The van der Waals surface area contributed by atoms with Crippen LogP contribution in [0.25, 0.3) is 33.2 Å². The molecule has 1 aromatic heterocycles. The average Bonchev–Trinajstić information content (AvgIpc) is 2.92. The number of fused-ring (bicyclic) bond motifs is 1. The summed E-state index contributed by atoms with van der Waals surface area (Å²) in [6, 6.07) is 16.2. The van der Waals surface area contributed by atoms with E-state index in [1.165, 1.54) is 19.2 Å². The molecule has 0 saturated carbocycles. The van der Waals surface area contributed by atoms with Crippen molar-refractivity contribution in [1.82, 2.24) is 4.98 Å². The zero-order valence-corrected chi connectivity index (χ0v) is 20.7. The van der Waals surface area contributed by atoms with E-state index in [2.05, 4.69) is 21.3 Å². The van der Waals surface area contributed by atoms with Crippen LogP contribution in [0.5, 0.6) is 0 Å². The Hall–Kier alpha value is -4.55. The maximum absolute atomic E-state index is 14.2. The first-order chi connectivity index (χ1) is 18.4. The molecule has 0 aliphatic carbocycles. The third-order valence-electron chi connectivity index (χ3n) is 6.75. The molecule has 4 aromatic rings.